The molecule has 1 aromatic heterocycles. The normalized spacial score (nSPS) is 11.5. The van der Waals surface area contributed by atoms with Crippen LogP contribution in [-0.2, 0) is 10.0 Å². The first-order chi connectivity index (χ1) is 8.81. The number of nitrogens with two attached hydrogens (primary N) is 1. The highest BCUT2D eigenvalue weighted by molar-refractivity contribution is 9.11. The van der Waals surface area contributed by atoms with Gasteiger partial charge >= 0.3 is 0 Å². The summed E-state index contributed by atoms with van der Waals surface area (Å²) in [5.41, 5.74) is 5.27. The Hall–Kier alpha value is -0.830. The van der Waals surface area contributed by atoms with Crippen LogP contribution in [-0.4, -0.2) is 8.42 Å². The topological polar surface area (TPSA) is 72.2 Å². The van der Waals surface area contributed by atoms with E-state index in [0.717, 1.165) is 17.4 Å². The molecule has 0 saturated carbocycles. The summed E-state index contributed by atoms with van der Waals surface area (Å²) in [4.78, 5) is 0. The van der Waals surface area contributed by atoms with Gasteiger partial charge in [-0.1, -0.05) is 17.7 Å². The number of hydrogen-bond acceptors (Lipinski definition) is 4. The van der Waals surface area contributed by atoms with Gasteiger partial charge in [0.25, 0.3) is 10.0 Å². The standard InChI is InChI=1S/C10H7BrClFN2O2S2/c11-10-5(12)4-8(18-10)19(16,17)15-9-6(13)2-1-3-7(9)14/h1-4,15H,14H2. The summed E-state index contributed by atoms with van der Waals surface area (Å²) in [5.74, 6) is -0.745. The summed E-state index contributed by atoms with van der Waals surface area (Å²) < 4.78 is 40.2. The highest BCUT2D eigenvalue weighted by atomic mass is 79.9. The number of halogens is 3. The Balaban J connectivity index is 2.42. The molecule has 19 heavy (non-hydrogen) atoms. The van der Waals surface area contributed by atoms with Crippen molar-refractivity contribution in [1.29, 1.82) is 0 Å². The summed E-state index contributed by atoms with van der Waals surface area (Å²) in [6.07, 6.45) is 0. The van der Waals surface area contributed by atoms with Crippen LogP contribution in [0.3, 0.4) is 0 Å². The van der Waals surface area contributed by atoms with Crippen LogP contribution < -0.4 is 10.5 Å². The number of anilines is 2. The molecule has 0 spiro atoms. The molecule has 0 atom stereocenters. The number of thiophene rings is 1. The van der Waals surface area contributed by atoms with Gasteiger partial charge in [-0.05, 0) is 34.1 Å². The summed E-state index contributed by atoms with van der Waals surface area (Å²) in [6.45, 7) is 0. The van der Waals surface area contributed by atoms with Crippen LogP contribution in [0.1, 0.15) is 0 Å². The van der Waals surface area contributed by atoms with Crippen LogP contribution in [0, 0.1) is 5.82 Å². The lowest BCUT2D eigenvalue weighted by atomic mass is 10.3. The van der Waals surface area contributed by atoms with Gasteiger partial charge in [-0.25, -0.2) is 12.8 Å². The lowest BCUT2D eigenvalue weighted by Gasteiger charge is -2.09. The van der Waals surface area contributed by atoms with Gasteiger partial charge in [0.05, 0.1) is 14.5 Å². The van der Waals surface area contributed by atoms with Crippen molar-refractivity contribution in [2.75, 3.05) is 10.5 Å². The minimum absolute atomic E-state index is 0.00490. The molecule has 1 aromatic carbocycles. The smallest absolute Gasteiger partial charge is 0.271 e. The largest absolute Gasteiger partial charge is 0.397 e. The Bertz CT molecular complexity index is 693. The predicted molar refractivity (Wildman–Crippen MR) is 78.6 cm³/mol. The van der Waals surface area contributed by atoms with Crippen molar-refractivity contribution in [3.05, 3.63) is 38.9 Å². The molecule has 3 N–H and O–H groups in total. The minimum Gasteiger partial charge on any atom is -0.397 e. The molecular formula is C10H7BrClFN2O2S2. The molecule has 4 nitrogen and oxygen atoms in total. The molecule has 0 radical (unpaired) electrons. The number of nitrogen functional groups attached to an aromatic ring is 1. The maximum absolute atomic E-state index is 13.5. The summed E-state index contributed by atoms with van der Waals surface area (Å²) in [7, 11) is -3.93. The van der Waals surface area contributed by atoms with Gasteiger partial charge in [-0.3, -0.25) is 4.72 Å². The molecule has 0 bridgehead atoms. The second-order valence-corrected chi connectivity index (χ2v) is 8.18. The third kappa shape index (κ3) is 3.02. The minimum atomic E-state index is -3.93. The Morgan fingerprint density at radius 2 is 2.11 bits per heavy atom. The van der Waals surface area contributed by atoms with Gasteiger partial charge < -0.3 is 5.73 Å². The number of hydrogen-bond donors (Lipinski definition) is 2. The van der Waals surface area contributed by atoms with E-state index in [0.29, 0.717) is 3.79 Å². The second-order valence-electron chi connectivity index (χ2n) is 3.50. The van der Waals surface area contributed by atoms with Crippen LogP contribution in [0.2, 0.25) is 5.02 Å². The molecule has 0 fully saturated rings. The molecule has 0 amide bonds. The average Bonchev–Trinajstić information content (AvgIpc) is 2.66. The van der Waals surface area contributed by atoms with Crippen molar-refractivity contribution in [3.63, 3.8) is 0 Å². The Morgan fingerprint density at radius 3 is 2.63 bits per heavy atom. The van der Waals surface area contributed by atoms with E-state index in [1.54, 1.807) is 0 Å². The Labute approximate surface area is 126 Å². The van der Waals surface area contributed by atoms with Crippen molar-refractivity contribution in [1.82, 2.24) is 0 Å². The molecule has 0 aliphatic rings. The van der Waals surface area contributed by atoms with Crippen LogP contribution in [0.5, 0.6) is 0 Å². The third-order valence-electron chi connectivity index (χ3n) is 2.17. The number of nitrogens with one attached hydrogen (secondary N) is 1. The zero-order valence-corrected chi connectivity index (χ0v) is 13.1. The SMILES string of the molecule is Nc1cccc(F)c1NS(=O)(=O)c1cc(Cl)c(Br)s1. The Kier molecular flexibility index (Phi) is 4.05. The molecule has 9 heteroatoms. The van der Waals surface area contributed by atoms with Gasteiger partial charge in [0.2, 0.25) is 0 Å². The first kappa shape index (κ1) is 14.6. The highest BCUT2D eigenvalue weighted by Crippen LogP contribution is 2.36. The van der Waals surface area contributed by atoms with E-state index in [-0.39, 0.29) is 20.6 Å². The molecule has 2 rings (SSSR count). The van der Waals surface area contributed by atoms with E-state index < -0.39 is 15.8 Å². The molecule has 102 valence electrons. The van der Waals surface area contributed by atoms with Gasteiger partial charge in [0, 0.05) is 0 Å². The summed E-state index contributed by atoms with van der Waals surface area (Å²) >= 11 is 9.82. The summed E-state index contributed by atoms with van der Waals surface area (Å²) in [5, 5.41) is 0.270. The van der Waals surface area contributed by atoms with E-state index in [1.807, 2.05) is 0 Å². The number of rotatable bonds is 3. The predicted octanol–water partition coefficient (Wildman–Crippen LogP) is 3.69. The van der Waals surface area contributed by atoms with E-state index in [2.05, 4.69) is 20.7 Å². The van der Waals surface area contributed by atoms with Crippen molar-refractivity contribution in [2.24, 2.45) is 0 Å². The van der Waals surface area contributed by atoms with E-state index in [1.165, 1.54) is 18.2 Å². The van der Waals surface area contributed by atoms with E-state index in [4.69, 9.17) is 17.3 Å². The maximum Gasteiger partial charge on any atom is 0.271 e. The highest BCUT2D eigenvalue weighted by Gasteiger charge is 2.21. The van der Waals surface area contributed by atoms with Gasteiger partial charge in [0.15, 0.2) is 0 Å². The summed E-state index contributed by atoms with van der Waals surface area (Å²) in [6, 6.07) is 5.18. The molecule has 0 unspecified atom stereocenters. The van der Waals surface area contributed by atoms with Gasteiger partial charge in [-0.15, -0.1) is 11.3 Å². The maximum atomic E-state index is 13.5. The van der Waals surface area contributed by atoms with Crippen molar-refractivity contribution in [2.45, 2.75) is 4.21 Å². The molecule has 0 saturated heterocycles. The van der Waals surface area contributed by atoms with Crippen LogP contribution in [0.15, 0.2) is 32.3 Å². The Morgan fingerprint density at radius 1 is 1.42 bits per heavy atom. The lowest BCUT2D eigenvalue weighted by Crippen LogP contribution is -2.14. The monoisotopic (exact) mass is 384 g/mol. The van der Waals surface area contributed by atoms with Crippen LogP contribution in [0.4, 0.5) is 15.8 Å². The zero-order chi connectivity index (χ0) is 14.2. The first-order valence-electron chi connectivity index (χ1n) is 4.83. The van der Waals surface area contributed by atoms with Crippen molar-refractivity contribution in [3.8, 4) is 0 Å². The fourth-order valence-corrected chi connectivity index (χ4v) is 4.79. The second kappa shape index (κ2) is 5.28. The van der Waals surface area contributed by atoms with E-state index in [9.17, 15) is 12.8 Å². The van der Waals surface area contributed by atoms with Crippen LogP contribution >= 0.6 is 38.9 Å². The van der Waals surface area contributed by atoms with E-state index >= 15 is 0 Å². The lowest BCUT2D eigenvalue weighted by molar-refractivity contribution is 0.600. The molecule has 1 heterocycles. The number of benzene rings is 1. The molecule has 0 aliphatic heterocycles. The average molecular weight is 386 g/mol. The quantitative estimate of drug-likeness (QED) is 0.792. The fourth-order valence-electron chi connectivity index (χ4n) is 1.29. The first-order valence-corrected chi connectivity index (χ1v) is 8.30. The third-order valence-corrected chi connectivity index (χ3v) is 6.47. The van der Waals surface area contributed by atoms with Gasteiger partial charge in [-0.2, -0.15) is 0 Å². The molecule has 2 aromatic rings. The number of sulfonamides is 1. The molecular weight excluding hydrogens is 379 g/mol. The van der Waals surface area contributed by atoms with Gasteiger partial charge in [0.1, 0.15) is 15.7 Å². The van der Waals surface area contributed by atoms with Crippen molar-refractivity contribution >= 4 is 60.3 Å². The molecule has 0 aliphatic carbocycles. The van der Waals surface area contributed by atoms with Crippen LogP contribution in [0.25, 0.3) is 0 Å². The fraction of sp³-hybridized carbons (Fsp3) is 0. The number of para-hydroxylation sites is 1. The van der Waals surface area contributed by atoms with Crippen molar-refractivity contribution < 1.29 is 12.8 Å². The zero-order valence-electron chi connectivity index (χ0n) is 9.15.